The molecule has 1 fully saturated rings. The average Bonchev–Trinajstić information content (AvgIpc) is 2.40. The van der Waals surface area contributed by atoms with Crippen LogP contribution in [0.1, 0.15) is 32.6 Å². The molecular weight excluding hydrogens is 252 g/mol. The van der Waals surface area contributed by atoms with Crippen molar-refractivity contribution in [2.45, 2.75) is 43.3 Å². The molecule has 1 aliphatic heterocycles. The molecule has 1 atom stereocenters. The van der Waals surface area contributed by atoms with E-state index in [-0.39, 0.29) is 4.90 Å². The normalized spacial score (nSPS) is 24.9. The van der Waals surface area contributed by atoms with E-state index in [1.807, 2.05) is 6.92 Å². The molecule has 0 saturated carbocycles. The fourth-order valence-electron chi connectivity index (χ4n) is 2.07. The minimum absolute atomic E-state index is 0.173. The van der Waals surface area contributed by atoms with E-state index < -0.39 is 15.9 Å². The van der Waals surface area contributed by atoms with E-state index in [2.05, 4.69) is 0 Å². The molecule has 1 aromatic rings. The van der Waals surface area contributed by atoms with E-state index in [0.29, 0.717) is 19.4 Å². The van der Waals surface area contributed by atoms with Crippen molar-refractivity contribution in [1.82, 2.24) is 0 Å². The Bertz CT molecular complexity index is 475. The minimum Gasteiger partial charge on any atom is -0.349 e. The van der Waals surface area contributed by atoms with Crippen LogP contribution in [0.2, 0.25) is 0 Å². The van der Waals surface area contributed by atoms with Crippen LogP contribution in [-0.2, 0) is 19.0 Å². The third-order valence-corrected chi connectivity index (χ3v) is 4.52. The van der Waals surface area contributed by atoms with E-state index in [1.165, 1.54) is 12.1 Å². The van der Waals surface area contributed by atoms with Crippen molar-refractivity contribution in [1.29, 1.82) is 0 Å². The van der Waals surface area contributed by atoms with Crippen molar-refractivity contribution in [2.75, 3.05) is 6.61 Å². The zero-order valence-electron chi connectivity index (χ0n) is 10.5. The number of rotatable bonds is 4. The predicted octanol–water partition coefficient (Wildman–Crippen LogP) is 2.70. The summed E-state index contributed by atoms with van der Waals surface area (Å²) in [6.45, 7) is 2.43. The highest BCUT2D eigenvalue weighted by molar-refractivity contribution is 7.86. The van der Waals surface area contributed by atoms with Gasteiger partial charge in [0.1, 0.15) is 0 Å². The van der Waals surface area contributed by atoms with Gasteiger partial charge in [-0.25, -0.2) is 4.18 Å². The van der Waals surface area contributed by atoms with Crippen molar-refractivity contribution in [3.8, 4) is 0 Å². The molecule has 4 nitrogen and oxygen atoms in total. The summed E-state index contributed by atoms with van der Waals surface area (Å²) in [7, 11) is -3.76. The summed E-state index contributed by atoms with van der Waals surface area (Å²) in [6.07, 6.45) is 3.03. The average molecular weight is 270 g/mol. The molecule has 1 aromatic carbocycles. The largest absolute Gasteiger partial charge is 0.349 e. The summed E-state index contributed by atoms with van der Waals surface area (Å²) in [5.74, 6) is -0.979. The Morgan fingerprint density at radius 1 is 1.28 bits per heavy atom. The summed E-state index contributed by atoms with van der Waals surface area (Å²) < 4.78 is 35.2. The Morgan fingerprint density at radius 3 is 2.56 bits per heavy atom. The molecule has 0 radical (unpaired) electrons. The van der Waals surface area contributed by atoms with E-state index in [9.17, 15) is 8.42 Å². The maximum atomic E-state index is 12.2. The first-order valence-electron chi connectivity index (χ1n) is 6.23. The molecule has 1 aliphatic rings. The second kappa shape index (κ2) is 5.38. The fraction of sp³-hybridized carbons (Fsp3) is 0.538. The van der Waals surface area contributed by atoms with Crippen LogP contribution in [0.4, 0.5) is 0 Å². The molecule has 18 heavy (non-hydrogen) atoms. The predicted molar refractivity (Wildman–Crippen MR) is 67.5 cm³/mol. The molecule has 0 aliphatic carbocycles. The molecule has 2 rings (SSSR count). The van der Waals surface area contributed by atoms with Gasteiger partial charge in [0.05, 0.1) is 11.5 Å². The van der Waals surface area contributed by atoms with Gasteiger partial charge in [-0.15, -0.1) is 0 Å². The Balaban J connectivity index is 2.21. The van der Waals surface area contributed by atoms with Gasteiger partial charge in [-0.05, 0) is 31.4 Å². The summed E-state index contributed by atoms with van der Waals surface area (Å²) in [5.41, 5.74) is 0. The number of hydrogen-bond acceptors (Lipinski definition) is 4. The number of hydrogen-bond donors (Lipinski definition) is 0. The molecule has 1 unspecified atom stereocenters. The van der Waals surface area contributed by atoms with Gasteiger partial charge < -0.3 is 4.74 Å². The summed E-state index contributed by atoms with van der Waals surface area (Å²) in [6, 6.07) is 8.18. The SMILES string of the molecule is CCC1(OS(=O)(=O)c2ccccc2)CCCCO1. The zero-order chi connectivity index (χ0) is 13.1. The van der Waals surface area contributed by atoms with Crippen LogP contribution in [0.3, 0.4) is 0 Å². The highest BCUT2D eigenvalue weighted by Gasteiger charge is 2.38. The lowest BCUT2D eigenvalue weighted by atomic mass is 10.0. The highest BCUT2D eigenvalue weighted by atomic mass is 32.2. The molecular formula is C13H18O4S. The van der Waals surface area contributed by atoms with Gasteiger partial charge >= 0.3 is 0 Å². The van der Waals surface area contributed by atoms with Crippen molar-refractivity contribution in [3.63, 3.8) is 0 Å². The Hall–Kier alpha value is -0.910. The molecule has 0 spiro atoms. The first kappa shape index (κ1) is 13.5. The maximum absolute atomic E-state index is 12.2. The van der Waals surface area contributed by atoms with Gasteiger partial charge in [0, 0.05) is 6.42 Å². The van der Waals surface area contributed by atoms with E-state index in [4.69, 9.17) is 8.92 Å². The van der Waals surface area contributed by atoms with Gasteiger partial charge in [0.25, 0.3) is 10.1 Å². The fourth-order valence-corrected chi connectivity index (χ4v) is 3.30. The lowest BCUT2D eigenvalue weighted by molar-refractivity contribution is -0.204. The van der Waals surface area contributed by atoms with Crippen molar-refractivity contribution in [3.05, 3.63) is 30.3 Å². The van der Waals surface area contributed by atoms with Crippen LogP contribution in [0.5, 0.6) is 0 Å². The molecule has 1 heterocycles. The molecule has 5 heteroatoms. The lowest BCUT2D eigenvalue weighted by Gasteiger charge is -2.35. The summed E-state index contributed by atoms with van der Waals surface area (Å²) >= 11 is 0. The summed E-state index contributed by atoms with van der Waals surface area (Å²) in [5, 5.41) is 0. The van der Waals surface area contributed by atoms with E-state index in [1.54, 1.807) is 18.2 Å². The first-order valence-corrected chi connectivity index (χ1v) is 7.63. The van der Waals surface area contributed by atoms with Crippen LogP contribution in [-0.4, -0.2) is 20.8 Å². The first-order chi connectivity index (χ1) is 8.58. The molecule has 0 N–H and O–H groups in total. The van der Waals surface area contributed by atoms with Gasteiger partial charge in [0.2, 0.25) is 0 Å². The van der Waals surface area contributed by atoms with E-state index in [0.717, 1.165) is 12.8 Å². The Kier molecular flexibility index (Phi) is 4.04. The maximum Gasteiger partial charge on any atom is 0.299 e. The monoisotopic (exact) mass is 270 g/mol. The van der Waals surface area contributed by atoms with Crippen LogP contribution >= 0.6 is 0 Å². The van der Waals surface area contributed by atoms with Gasteiger partial charge in [-0.2, -0.15) is 8.42 Å². The third-order valence-electron chi connectivity index (χ3n) is 3.15. The molecule has 0 aromatic heterocycles. The Labute approximate surface area is 108 Å². The van der Waals surface area contributed by atoms with E-state index >= 15 is 0 Å². The number of ether oxygens (including phenoxy) is 1. The standard InChI is InChI=1S/C13H18O4S/c1-2-13(10-6-7-11-16-13)17-18(14,15)12-8-4-3-5-9-12/h3-5,8-9H,2,6-7,10-11H2,1H3. The summed E-state index contributed by atoms with van der Waals surface area (Å²) in [4.78, 5) is 0.173. The molecule has 1 saturated heterocycles. The van der Waals surface area contributed by atoms with Crippen molar-refractivity contribution >= 4 is 10.1 Å². The van der Waals surface area contributed by atoms with Crippen molar-refractivity contribution < 1.29 is 17.3 Å². The minimum atomic E-state index is -3.76. The highest BCUT2D eigenvalue weighted by Crippen LogP contribution is 2.32. The van der Waals surface area contributed by atoms with Crippen molar-refractivity contribution in [2.24, 2.45) is 0 Å². The van der Waals surface area contributed by atoms with Gasteiger partial charge in [0.15, 0.2) is 5.79 Å². The van der Waals surface area contributed by atoms with Crippen LogP contribution in [0, 0.1) is 0 Å². The lowest BCUT2D eigenvalue weighted by Crippen LogP contribution is -2.40. The van der Waals surface area contributed by atoms with Crippen LogP contribution in [0.15, 0.2) is 35.2 Å². The zero-order valence-corrected chi connectivity index (χ0v) is 11.3. The topological polar surface area (TPSA) is 52.6 Å². The third kappa shape index (κ3) is 2.91. The smallest absolute Gasteiger partial charge is 0.299 e. The second-order valence-electron chi connectivity index (χ2n) is 4.42. The Morgan fingerprint density at radius 2 is 2.00 bits per heavy atom. The van der Waals surface area contributed by atoms with Crippen LogP contribution in [0.25, 0.3) is 0 Å². The molecule has 0 amide bonds. The number of benzene rings is 1. The molecule has 100 valence electrons. The van der Waals surface area contributed by atoms with Crippen LogP contribution < -0.4 is 0 Å². The second-order valence-corrected chi connectivity index (χ2v) is 5.97. The molecule has 0 bridgehead atoms. The van der Waals surface area contributed by atoms with Gasteiger partial charge in [-0.3, -0.25) is 0 Å². The van der Waals surface area contributed by atoms with Gasteiger partial charge in [-0.1, -0.05) is 25.1 Å². The quantitative estimate of drug-likeness (QED) is 0.789.